The number of aromatic nitrogens is 1. The van der Waals surface area contributed by atoms with Crippen molar-refractivity contribution in [3.8, 4) is 10.6 Å². The topological polar surface area (TPSA) is 75.4 Å². The number of thiazole rings is 1. The van der Waals surface area contributed by atoms with Crippen LogP contribution in [0.2, 0.25) is 0 Å². The van der Waals surface area contributed by atoms with E-state index in [2.05, 4.69) is 16.4 Å². The lowest BCUT2D eigenvalue weighted by atomic mass is 10.1. The Balaban J connectivity index is 1.78. The predicted molar refractivity (Wildman–Crippen MR) is 93.0 cm³/mol. The third-order valence-corrected chi connectivity index (χ3v) is 4.60. The first-order valence-corrected chi connectivity index (χ1v) is 8.44. The number of aliphatic hydroxyl groups is 1. The van der Waals surface area contributed by atoms with Crippen LogP contribution in [0.1, 0.15) is 33.4 Å². The van der Waals surface area contributed by atoms with Gasteiger partial charge in [0.15, 0.2) is 0 Å². The van der Waals surface area contributed by atoms with Gasteiger partial charge in [-0.2, -0.15) is 0 Å². The molecule has 1 unspecified atom stereocenters. The van der Waals surface area contributed by atoms with Crippen LogP contribution in [0, 0.1) is 13.8 Å². The third kappa shape index (κ3) is 3.39. The molecular weight excluding hydrogens is 324 g/mol. The number of hydrogen-bond acceptors (Lipinski definition) is 5. The van der Waals surface area contributed by atoms with Gasteiger partial charge in [0.1, 0.15) is 22.5 Å². The van der Waals surface area contributed by atoms with Crippen LogP contribution in [0.4, 0.5) is 0 Å². The molecule has 0 fully saturated rings. The molecule has 0 aliphatic heterocycles. The van der Waals surface area contributed by atoms with Crippen LogP contribution in [-0.4, -0.2) is 22.6 Å². The molecule has 2 N–H and O–H groups in total. The fourth-order valence-corrected chi connectivity index (χ4v) is 3.37. The molecule has 0 bridgehead atoms. The molecular formula is C18H18N2O3S. The molecule has 5 nitrogen and oxygen atoms in total. The molecule has 0 aliphatic rings. The summed E-state index contributed by atoms with van der Waals surface area (Å²) in [6, 6.07) is 8.98. The summed E-state index contributed by atoms with van der Waals surface area (Å²) in [7, 11) is 0. The molecule has 2 heterocycles. The number of nitrogens with one attached hydrogen (secondary N) is 1. The van der Waals surface area contributed by atoms with Gasteiger partial charge >= 0.3 is 0 Å². The number of carbonyl (C=O) groups is 1. The van der Waals surface area contributed by atoms with Crippen LogP contribution in [0.15, 0.2) is 46.4 Å². The highest BCUT2D eigenvalue weighted by Crippen LogP contribution is 2.27. The van der Waals surface area contributed by atoms with E-state index >= 15 is 0 Å². The second-order valence-electron chi connectivity index (χ2n) is 5.58. The van der Waals surface area contributed by atoms with Crippen molar-refractivity contribution in [2.24, 2.45) is 0 Å². The molecule has 0 saturated carbocycles. The highest BCUT2D eigenvalue weighted by molar-refractivity contribution is 7.13. The first kappa shape index (κ1) is 16.4. The Morgan fingerprint density at radius 1 is 1.38 bits per heavy atom. The fourth-order valence-electron chi connectivity index (χ4n) is 2.48. The molecule has 0 aliphatic carbocycles. The number of amides is 1. The zero-order chi connectivity index (χ0) is 17.1. The maximum Gasteiger partial charge on any atom is 0.271 e. The van der Waals surface area contributed by atoms with Crippen LogP contribution in [-0.2, 0) is 0 Å². The summed E-state index contributed by atoms with van der Waals surface area (Å²) in [5, 5.41) is 14.7. The quantitative estimate of drug-likeness (QED) is 0.744. The lowest BCUT2D eigenvalue weighted by Crippen LogP contribution is -2.30. The number of carbonyl (C=O) groups excluding carboxylic acids is 1. The van der Waals surface area contributed by atoms with Crippen LogP contribution in [0.5, 0.6) is 0 Å². The minimum absolute atomic E-state index is 0.243. The van der Waals surface area contributed by atoms with Crippen LogP contribution in [0.3, 0.4) is 0 Å². The van der Waals surface area contributed by atoms with Crippen molar-refractivity contribution in [1.29, 1.82) is 0 Å². The molecule has 3 aromatic rings. The highest BCUT2D eigenvalue weighted by Gasteiger charge is 2.19. The molecule has 1 atom stereocenters. The molecule has 3 rings (SSSR count). The molecule has 24 heavy (non-hydrogen) atoms. The van der Waals surface area contributed by atoms with E-state index in [0.717, 1.165) is 16.1 Å². The van der Waals surface area contributed by atoms with Gasteiger partial charge in [0.05, 0.1) is 12.9 Å². The van der Waals surface area contributed by atoms with Gasteiger partial charge in [-0.15, -0.1) is 11.3 Å². The SMILES string of the molecule is Cc1ccc(-c2nc(C(=O)NC(CO)c3ccco3)cs2)c(C)c1. The van der Waals surface area contributed by atoms with E-state index in [4.69, 9.17) is 4.42 Å². The standard InChI is InChI=1S/C18H18N2O3S/c1-11-5-6-13(12(2)8-11)18-20-15(10-24-18)17(22)19-14(9-21)16-4-3-7-23-16/h3-8,10,14,21H,9H2,1-2H3,(H,19,22). The Hall–Kier alpha value is -2.44. The Kier molecular flexibility index (Phi) is 4.78. The van der Waals surface area contributed by atoms with Gasteiger partial charge in [0.2, 0.25) is 0 Å². The van der Waals surface area contributed by atoms with Gasteiger partial charge in [0.25, 0.3) is 5.91 Å². The second kappa shape index (κ2) is 6.98. The minimum Gasteiger partial charge on any atom is -0.467 e. The molecule has 1 aromatic carbocycles. The van der Waals surface area contributed by atoms with E-state index in [1.54, 1.807) is 17.5 Å². The Labute approximate surface area is 144 Å². The van der Waals surface area contributed by atoms with Gasteiger partial charge in [-0.25, -0.2) is 4.98 Å². The van der Waals surface area contributed by atoms with E-state index in [0.29, 0.717) is 11.5 Å². The lowest BCUT2D eigenvalue weighted by Gasteiger charge is -2.12. The van der Waals surface area contributed by atoms with E-state index < -0.39 is 6.04 Å². The van der Waals surface area contributed by atoms with Crippen molar-refractivity contribution in [3.63, 3.8) is 0 Å². The molecule has 0 saturated heterocycles. The Morgan fingerprint density at radius 2 is 2.21 bits per heavy atom. The number of furan rings is 1. The fraction of sp³-hybridized carbons (Fsp3) is 0.222. The third-order valence-electron chi connectivity index (χ3n) is 3.72. The summed E-state index contributed by atoms with van der Waals surface area (Å²) in [6.07, 6.45) is 1.51. The minimum atomic E-state index is -0.584. The summed E-state index contributed by atoms with van der Waals surface area (Å²) >= 11 is 1.43. The number of rotatable bonds is 5. The summed E-state index contributed by atoms with van der Waals surface area (Å²) in [5.41, 5.74) is 3.67. The number of benzene rings is 1. The van der Waals surface area contributed by atoms with Gasteiger partial charge < -0.3 is 14.8 Å². The van der Waals surface area contributed by atoms with Gasteiger partial charge in [-0.3, -0.25) is 4.79 Å². The number of hydrogen-bond donors (Lipinski definition) is 2. The predicted octanol–water partition coefficient (Wildman–Crippen LogP) is 3.48. The summed E-state index contributed by atoms with van der Waals surface area (Å²) in [6.45, 7) is 3.83. The molecule has 1 amide bonds. The smallest absolute Gasteiger partial charge is 0.271 e. The zero-order valence-electron chi connectivity index (χ0n) is 13.4. The van der Waals surface area contributed by atoms with E-state index in [9.17, 15) is 9.90 Å². The van der Waals surface area contributed by atoms with Crippen molar-refractivity contribution >= 4 is 17.2 Å². The molecule has 0 spiro atoms. The van der Waals surface area contributed by atoms with Crippen LogP contribution in [0.25, 0.3) is 10.6 Å². The first-order chi connectivity index (χ1) is 11.6. The number of aliphatic hydroxyl groups excluding tert-OH is 1. The van der Waals surface area contributed by atoms with Crippen LogP contribution >= 0.6 is 11.3 Å². The molecule has 124 valence electrons. The summed E-state index contributed by atoms with van der Waals surface area (Å²) in [5.74, 6) is 0.174. The van der Waals surface area contributed by atoms with Crippen molar-refractivity contribution in [2.75, 3.05) is 6.61 Å². The normalized spacial score (nSPS) is 12.1. The number of nitrogens with zero attached hydrogens (tertiary/aromatic N) is 1. The zero-order valence-corrected chi connectivity index (χ0v) is 14.3. The average Bonchev–Trinajstić information content (AvgIpc) is 3.24. The molecule has 6 heteroatoms. The van der Waals surface area contributed by atoms with Crippen molar-refractivity contribution < 1.29 is 14.3 Å². The second-order valence-corrected chi connectivity index (χ2v) is 6.44. The van der Waals surface area contributed by atoms with Gasteiger partial charge in [-0.1, -0.05) is 23.8 Å². The van der Waals surface area contributed by atoms with Gasteiger partial charge in [0, 0.05) is 10.9 Å². The summed E-state index contributed by atoms with van der Waals surface area (Å²) < 4.78 is 5.23. The van der Waals surface area contributed by atoms with E-state index in [-0.39, 0.29) is 12.5 Å². The number of aryl methyl sites for hydroxylation is 2. The first-order valence-electron chi connectivity index (χ1n) is 7.56. The van der Waals surface area contributed by atoms with Crippen molar-refractivity contribution in [3.05, 3.63) is 64.6 Å². The van der Waals surface area contributed by atoms with Crippen molar-refractivity contribution in [1.82, 2.24) is 10.3 Å². The molecule has 0 radical (unpaired) electrons. The van der Waals surface area contributed by atoms with Crippen molar-refractivity contribution in [2.45, 2.75) is 19.9 Å². The Morgan fingerprint density at radius 3 is 2.88 bits per heavy atom. The maximum atomic E-state index is 12.4. The molecule has 2 aromatic heterocycles. The van der Waals surface area contributed by atoms with E-state index in [1.165, 1.54) is 23.2 Å². The monoisotopic (exact) mass is 342 g/mol. The highest BCUT2D eigenvalue weighted by atomic mass is 32.1. The summed E-state index contributed by atoms with van der Waals surface area (Å²) in [4.78, 5) is 16.8. The Bertz CT molecular complexity index is 840. The lowest BCUT2D eigenvalue weighted by molar-refractivity contribution is 0.0903. The maximum absolute atomic E-state index is 12.4. The average molecular weight is 342 g/mol. The van der Waals surface area contributed by atoms with Gasteiger partial charge in [-0.05, 0) is 31.5 Å². The largest absolute Gasteiger partial charge is 0.467 e. The van der Waals surface area contributed by atoms with Crippen LogP contribution < -0.4 is 5.32 Å². The van der Waals surface area contributed by atoms with E-state index in [1.807, 2.05) is 26.0 Å².